The van der Waals surface area contributed by atoms with E-state index in [0.29, 0.717) is 0 Å². The smallest absolute Gasteiger partial charge is 0.176 e. The molecule has 4 heteroatoms. The Kier molecular flexibility index (Phi) is 3.29. The Morgan fingerprint density at radius 1 is 1.67 bits per heavy atom. The van der Waals surface area contributed by atoms with Gasteiger partial charge in [0, 0.05) is 5.92 Å². The number of ketones is 1. The van der Waals surface area contributed by atoms with E-state index in [9.17, 15) is 4.79 Å². The molecule has 0 bridgehead atoms. The molecule has 0 spiro atoms. The number of aromatic nitrogens is 1. The molecule has 0 N–H and O–H groups in total. The Balaban J connectivity index is 2.82. The van der Waals surface area contributed by atoms with Gasteiger partial charge < -0.3 is 0 Å². The van der Waals surface area contributed by atoms with Crippen LogP contribution in [0.5, 0.6) is 0 Å². The van der Waals surface area contributed by atoms with Crippen LogP contribution in [0.2, 0.25) is 0 Å². The standard InChI is InChI=1S/C8H11NOS2/c1-5(2)7(10)6-4-9-8(11-3)12-6/h4-5H,1-3H3. The van der Waals surface area contributed by atoms with Gasteiger partial charge in [-0.1, -0.05) is 25.6 Å². The van der Waals surface area contributed by atoms with Crippen molar-refractivity contribution in [2.45, 2.75) is 18.2 Å². The Morgan fingerprint density at radius 2 is 2.33 bits per heavy atom. The molecule has 0 aliphatic heterocycles. The third kappa shape index (κ3) is 2.08. The summed E-state index contributed by atoms with van der Waals surface area (Å²) in [7, 11) is 0. The second-order valence-corrected chi connectivity index (χ2v) is 4.80. The van der Waals surface area contributed by atoms with Crippen LogP contribution >= 0.6 is 23.1 Å². The van der Waals surface area contributed by atoms with Crippen molar-refractivity contribution >= 4 is 28.9 Å². The Bertz CT molecular complexity index is 280. The van der Waals surface area contributed by atoms with Gasteiger partial charge in [0.2, 0.25) is 0 Å². The number of hydrogen-bond acceptors (Lipinski definition) is 4. The molecule has 0 unspecified atom stereocenters. The maximum absolute atomic E-state index is 11.4. The summed E-state index contributed by atoms with van der Waals surface area (Å²) in [5, 5.41) is 0. The number of thiazole rings is 1. The number of Topliss-reactive ketones (excluding diaryl/α,β-unsaturated/α-hetero) is 1. The van der Waals surface area contributed by atoms with Gasteiger partial charge in [0.05, 0.1) is 11.1 Å². The second kappa shape index (κ2) is 4.05. The molecule has 66 valence electrons. The molecule has 0 aromatic carbocycles. The number of thioether (sulfide) groups is 1. The van der Waals surface area contributed by atoms with Crippen molar-refractivity contribution in [3.05, 3.63) is 11.1 Å². The Morgan fingerprint density at radius 3 is 2.75 bits per heavy atom. The molecule has 1 rings (SSSR count). The summed E-state index contributed by atoms with van der Waals surface area (Å²) in [6.07, 6.45) is 3.63. The lowest BCUT2D eigenvalue weighted by Gasteiger charge is -1.97. The zero-order chi connectivity index (χ0) is 9.14. The van der Waals surface area contributed by atoms with E-state index >= 15 is 0 Å². The lowest BCUT2D eigenvalue weighted by molar-refractivity contribution is 0.0943. The van der Waals surface area contributed by atoms with E-state index < -0.39 is 0 Å². The number of carbonyl (C=O) groups excluding carboxylic acids is 1. The average Bonchev–Trinajstić information content (AvgIpc) is 2.50. The van der Waals surface area contributed by atoms with Gasteiger partial charge in [0.15, 0.2) is 5.78 Å². The average molecular weight is 201 g/mol. The summed E-state index contributed by atoms with van der Waals surface area (Å²) in [5.74, 6) is 0.257. The summed E-state index contributed by atoms with van der Waals surface area (Å²) >= 11 is 3.05. The molecular weight excluding hydrogens is 190 g/mol. The largest absolute Gasteiger partial charge is 0.293 e. The second-order valence-electron chi connectivity index (χ2n) is 2.71. The van der Waals surface area contributed by atoms with Gasteiger partial charge in [-0.15, -0.1) is 11.3 Å². The molecule has 0 saturated carbocycles. The highest BCUT2D eigenvalue weighted by Crippen LogP contribution is 2.23. The van der Waals surface area contributed by atoms with Crippen LogP contribution in [0, 0.1) is 5.92 Å². The first-order valence-corrected chi connectivity index (χ1v) is 5.73. The highest BCUT2D eigenvalue weighted by molar-refractivity contribution is 8.00. The third-order valence-corrected chi connectivity index (χ3v) is 3.44. The molecule has 2 nitrogen and oxygen atoms in total. The van der Waals surface area contributed by atoms with Crippen LogP contribution in [-0.2, 0) is 0 Å². The van der Waals surface area contributed by atoms with Crippen LogP contribution < -0.4 is 0 Å². The minimum absolute atomic E-state index is 0.0696. The van der Waals surface area contributed by atoms with Crippen molar-refractivity contribution in [2.75, 3.05) is 6.26 Å². The highest BCUT2D eigenvalue weighted by Gasteiger charge is 2.13. The van der Waals surface area contributed by atoms with Crippen molar-refractivity contribution < 1.29 is 4.79 Å². The predicted molar refractivity (Wildman–Crippen MR) is 53.1 cm³/mol. The Labute approximate surface area is 80.4 Å². The fourth-order valence-corrected chi connectivity index (χ4v) is 2.25. The van der Waals surface area contributed by atoms with Gasteiger partial charge in [-0.25, -0.2) is 4.98 Å². The summed E-state index contributed by atoms with van der Waals surface area (Å²) in [6, 6.07) is 0. The summed E-state index contributed by atoms with van der Waals surface area (Å²) in [4.78, 5) is 16.3. The molecule has 0 amide bonds. The molecule has 0 fully saturated rings. The topological polar surface area (TPSA) is 30.0 Å². The summed E-state index contributed by atoms with van der Waals surface area (Å²) in [6.45, 7) is 3.81. The molecule has 1 heterocycles. The van der Waals surface area contributed by atoms with Crippen LogP contribution in [0.1, 0.15) is 23.5 Å². The van der Waals surface area contributed by atoms with Crippen LogP contribution in [0.15, 0.2) is 10.5 Å². The van der Waals surface area contributed by atoms with E-state index in [1.54, 1.807) is 18.0 Å². The zero-order valence-electron chi connectivity index (χ0n) is 7.33. The van der Waals surface area contributed by atoms with Gasteiger partial charge in [0.1, 0.15) is 4.34 Å². The predicted octanol–water partition coefficient (Wildman–Crippen LogP) is 2.70. The maximum Gasteiger partial charge on any atom is 0.176 e. The van der Waals surface area contributed by atoms with E-state index in [1.807, 2.05) is 20.1 Å². The molecule has 0 atom stereocenters. The molecule has 12 heavy (non-hydrogen) atoms. The van der Waals surface area contributed by atoms with E-state index in [-0.39, 0.29) is 11.7 Å². The molecule has 1 aromatic heterocycles. The van der Waals surface area contributed by atoms with Gasteiger partial charge in [-0.2, -0.15) is 0 Å². The monoisotopic (exact) mass is 201 g/mol. The summed E-state index contributed by atoms with van der Waals surface area (Å²) < 4.78 is 0.957. The van der Waals surface area contributed by atoms with Crippen molar-refractivity contribution in [3.63, 3.8) is 0 Å². The molecule has 0 aliphatic rings. The van der Waals surface area contributed by atoms with Crippen LogP contribution in [0.25, 0.3) is 0 Å². The first-order valence-electron chi connectivity index (χ1n) is 3.69. The number of hydrogen-bond donors (Lipinski definition) is 0. The fraction of sp³-hybridized carbons (Fsp3) is 0.500. The van der Waals surface area contributed by atoms with Crippen molar-refractivity contribution in [1.82, 2.24) is 4.98 Å². The van der Waals surface area contributed by atoms with E-state index in [4.69, 9.17) is 0 Å². The first-order chi connectivity index (χ1) is 5.65. The molecular formula is C8H11NOS2. The number of carbonyl (C=O) groups is 1. The first kappa shape index (κ1) is 9.74. The molecule has 1 aromatic rings. The number of rotatable bonds is 3. The van der Waals surface area contributed by atoms with Crippen molar-refractivity contribution in [2.24, 2.45) is 5.92 Å². The van der Waals surface area contributed by atoms with Crippen molar-refractivity contribution in [1.29, 1.82) is 0 Å². The van der Waals surface area contributed by atoms with Gasteiger partial charge in [-0.05, 0) is 6.26 Å². The molecule has 0 saturated heterocycles. The lowest BCUT2D eigenvalue weighted by atomic mass is 10.1. The SMILES string of the molecule is CSc1ncc(C(=O)C(C)C)s1. The highest BCUT2D eigenvalue weighted by atomic mass is 32.2. The van der Waals surface area contributed by atoms with E-state index in [0.717, 1.165) is 9.22 Å². The Hall–Kier alpha value is -0.350. The minimum atomic E-state index is 0.0696. The van der Waals surface area contributed by atoms with E-state index in [1.165, 1.54) is 11.3 Å². The fourth-order valence-electron chi connectivity index (χ4n) is 0.751. The lowest BCUT2D eigenvalue weighted by Crippen LogP contribution is -2.04. The quantitative estimate of drug-likeness (QED) is 0.556. The van der Waals surface area contributed by atoms with E-state index in [2.05, 4.69) is 4.98 Å². The normalized spacial score (nSPS) is 10.7. The van der Waals surface area contributed by atoms with Crippen LogP contribution in [0.3, 0.4) is 0 Å². The van der Waals surface area contributed by atoms with Gasteiger partial charge in [0.25, 0.3) is 0 Å². The zero-order valence-corrected chi connectivity index (χ0v) is 8.96. The van der Waals surface area contributed by atoms with Crippen molar-refractivity contribution in [3.8, 4) is 0 Å². The third-order valence-electron chi connectivity index (χ3n) is 1.43. The molecule has 0 radical (unpaired) electrons. The number of nitrogens with zero attached hydrogens (tertiary/aromatic N) is 1. The van der Waals surface area contributed by atoms with Crippen LogP contribution in [0.4, 0.5) is 0 Å². The maximum atomic E-state index is 11.4. The van der Waals surface area contributed by atoms with Gasteiger partial charge in [-0.3, -0.25) is 4.79 Å². The van der Waals surface area contributed by atoms with Gasteiger partial charge >= 0.3 is 0 Å². The van der Waals surface area contributed by atoms with Crippen LogP contribution in [-0.4, -0.2) is 17.0 Å². The summed E-state index contributed by atoms with van der Waals surface area (Å²) in [5.41, 5.74) is 0. The minimum Gasteiger partial charge on any atom is -0.293 e. The molecule has 0 aliphatic carbocycles.